The minimum Gasteiger partial charge on any atom is -0.348 e. The predicted molar refractivity (Wildman–Crippen MR) is 87.2 cm³/mol. The average Bonchev–Trinajstić information content (AvgIpc) is 3.08. The molecule has 1 unspecified atom stereocenters. The van der Waals surface area contributed by atoms with Crippen LogP contribution >= 0.6 is 23.4 Å². The van der Waals surface area contributed by atoms with Gasteiger partial charge >= 0.3 is 0 Å². The van der Waals surface area contributed by atoms with Crippen molar-refractivity contribution >= 4 is 29.3 Å². The minimum absolute atomic E-state index is 0.0515. The summed E-state index contributed by atoms with van der Waals surface area (Å²) < 4.78 is 11.2. The Kier molecular flexibility index (Phi) is 5.63. The number of benzene rings is 1. The Hall–Kier alpha value is -0.750. The topological polar surface area (TPSA) is 38.8 Å². The first-order valence-corrected chi connectivity index (χ1v) is 9.02. The van der Waals surface area contributed by atoms with E-state index >= 15 is 0 Å². The summed E-state index contributed by atoms with van der Waals surface area (Å²) in [6, 6.07) is 7.66. The molecule has 2 fully saturated rings. The number of thioether (sulfide) groups is 1. The Bertz CT molecular complexity index is 522. The molecule has 2 saturated heterocycles. The molecule has 1 aromatic carbocycles. The zero-order valence-electron chi connectivity index (χ0n) is 12.4. The van der Waals surface area contributed by atoms with Crippen LogP contribution in [0, 0.1) is 0 Å². The molecule has 2 aliphatic rings. The normalized spacial score (nSPS) is 23.0. The Morgan fingerprint density at radius 1 is 1.27 bits per heavy atom. The summed E-state index contributed by atoms with van der Waals surface area (Å²) in [5, 5.41) is 0.693. The van der Waals surface area contributed by atoms with Gasteiger partial charge in [-0.15, -0.1) is 11.8 Å². The van der Waals surface area contributed by atoms with Crippen LogP contribution in [0.4, 0.5) is 0 Å². The van der Waals surface area contributed by atoms with E-state index in [0.717, 1.165) is 30.7 Å². The lowest BCUT2D eigenvalue weighted by Gasteiger charge is -2.38. The lowest BCUT2D eigenvalue weighted by Crippen LogP contribution is -2.50. The first-order valence-electron chi connectivity index (χ1n) is 7.66. The van der Waals surface area contributed by atoms with Crippen LogP contribution in [0.3, 0.4) is 0 Å². The van der Waals surface area contributed by atoms with Crippen LogP contribution in [0.15, 0.2) is 29.2 Å². The van der Waals surface area contributed by atoms with Crippen LogP contribution in [0.25, 0.3) is 0 Å². The van der Waals surface area contributed by atoms with Gasteiger partial charge in [0, 0.05) is 11.4 Å². The van der Waals surface area contributed by atoms with Crippen molar-refractivity contribution in [3.63, 3.8) is 0 Å². The Morgan fingerprint density at radius 2 is 2.05 bits per heavy atom. The number of halogens is 1. The molecule has 1 amide bonds. The summed E-state index contributed by atoms with van der Waals surface area (Å²) in [6.45, 7) is 2.03. The summed E-state index contributed by atoms with van der Waals surface area (Å²) in [6.07, 6.45) is 2.86. The van der Waals surface area contributed by atoms with E-state index in [0.29, 0.717) is 24.0 Å². The molecule has 3 rings (SSSR count). The zero-order chi connectivity index (χ0) is 15.4. The van der Waals surface area contributed by atoms with Crippen LogP contribution < -0.4 is 0 Å². The molecule has 1 aromatic rings. The number of carbonyl (C=O) groups is 1. The summed E-state index contributed by atoms with van der Waals surface area (Å²) >= 11 is 7.63. The van der Waals surface area contributed by atoms with E-state index in [4.69, 9.17) is 21.1 Å². The van der Waals surface area contributed by atoms with E-state index in [2.05, 4.69) is 0 Å². The molecule has 0 radical (unpaired) electrons. The number of nitrogens with zero attached hydrogens (tertiary/aromatic N) is 1. The van der Waals surface area contributed by atoms with E-state index in [1.807, 2.05) is 29.2 Å². The fourth-order valence-corrected chi connectivity index (χ4v) is 4.06. The number of hydrogen-bond donors (Lipinski definition) is 0. The van der Waals surface area contributed by atoms with E-state index < -0.39 is 0 Å². The number of rotatable bonds is 4. The van der Waals surface area contributed by atoms with Crippen LogP contribution in [0.2, 0.25) is 5.02 Å². The standard InChI is InChI=1S/C16H20ClNO3S/c17-12-5-1-2-7-14(12)22-11-15(19)18-8-4-3-6-13(18)16-20-9-10-21-16/h1-2,5,7,13,16H,3-4,6,8-11H2. The van der Waals surface area contributed by atoms with Crippen molar-refractivity contribution in [1.82, 2.24) is 4.90 Å². The molecule has 2 heterocycles. The second-order valence-electron chi connectivity index (χ2n) is 5.48. The molecule has 0 N–H and O–H groups in total. The molecule has 6 heteroatoms. The number of likely N-dealkylation sites (tertiary alicyclic amines) is 1. The molecule has 2 aliphatic heterocycles. The second-order valence-corrected chi connectivity index (χ2v) is 6.90. The molecule has 22 heavy (non-hydrogen) atoms. The second kappa shape index (κ2) is 7.68. The van der Waals surface area contributed by atoms with Gasteiger partial charge in [0.05, 0.1) is 30.0 Å². The van der Waals surface area contributed by atoms with E-state index in [-0.39, 0.29) is 18.2 Å². The highest BCUT2D eigenvalue weighted by Gasteiger charge is 2.35. The van der Waals surface area contributed by atoms with Crippen molar-refractivity contribution in [2.45, 2.75) is 36.5 Å². The maximum atomic E-state index is 12.6. The van der Waals surface area contributed by atoms with Crippen molar-refractivity contribution < 1.29 is 14.3 Å². The van der Waals surface area contributed by atoms with Gasteiger partial charge in [-0.3, -0.25) is 4.79 Å². The third kappa shape index (κ3) is 3.77. The molecule has 0 bridgehead atoms. The van der Waals surface area contributed by atoms with Gasteiger partial charge in [0.25, 0.3) is 0 Å². The molecule has 0 saturated carbocycles. The van der Waals surface area contributed by atoms with Gasteiger partial charge < -0.3 is 14.4 Å². The number of carbonyl (C=O) groups excluding carboxylic acids is 1. The fourth-order valence-electron chi connectivity index (χ4n) is 2.93. The zero-order valence-corrected chi connectivity index (χ0v) is 13.9. The van der Waals surface area contributed by atoms with E-state index in [1.54, 1.807) is 0 Å². The molecular weight excluding hydrogens is 322 g/mol. The van der Waals surface area contributed by atoms with Crippen molar-refractivity contribution in [3.05, 3.63) is 29.3 Å². The van der Waals surface area contributed by atoms with Gasteiger partial charge in [-0.25, -0.2) is 0 Å². The molecule has 4 nitrogen and oxygen atoms in total. The number of amides is 1. The average molecular weight is 342 g/mol. The van der Waals surface area contributed by atoms with Crippen molar-refractivity contribution in [2.75, 3.05) is 25.5 Å². The van der Waals surface area contributed by atoms with Gasteiger partial charge in [-0.2, -0.15) is 0 Å². The first-order chi connectivity index (χ1) is 10.8. The Balaban J connectivity index is 1.61. The molecule has 0 aliphatic carbocycles. The highest BCUT2D eigenvalue weighted by molar-refractivity contribution is 8.00. The van der Waals surface area contributed by atoms with Crippen LogP contribution in [-0.2, 0) is 14.3 Å². The van der Waals surface area contributed by atoms with Gasteiger partial charge in [-0.1, -0.05) is 23.7 Å². The number of hydrogen-bond acceptors (Lipinski definition) is 4. The number of ether oxygens (including phenoxy) is 2. The van der Waals surface area contributed by atoms with Crippen molar-refractivity contribution in [2.24, 2.45) is 0 Å². The van der Waals surface area contributed by atoms with E-state index in [9.17, 15) is 4.79 Å². The third-order valence-corrected chi connectivity index (χ3v) is 5.52. The molecule has 1 atom stereocenters. The summed E-state index contributed by atoms with van der Waals surface area (Å²) in [4.78, 5) is 15.5. The van der Waals surface area contributed by atoms with Crippen molar-refractivity contribution in [1.29, 1.82) is 0 Å². The van der Waals surface area contributed by atoms with Crippen LogP contribution in [0.1, 0.15) is 19.3 Å². The third-order valence-electron chi connectivity index (χ3n) is 4.02. The maximum absolute atomic E-state index is 12.6. The molecular formula is C16H20ClNO3S. The highest BCUT2D eigenvalue weighted by atomic mass is 35.5. The lowest BCUT2D eigenvalue weighted by molar-refractivity contribution is -0.148. The SMILES string of the molecule is O=C(CSc1ccccc1Cl)N1CCCCC1C1OCCO1. The summed E-state index contributed by atoms with van der Waals surface area (Å²) in [5.74, 6) is 0.529. The summed E-state index contributed by atoms with van der Waals surface area (Å²) in [5.41, 5.74) is 0. The summed E-state index contributed by atoms with van der Waals surface area (Å²) in [7, 11) is 0. The van der Waals surface area contributed by atoms with Crippen LogP contribution in [0.5, 0.6) is 0 Å². The van der Waals surface area contributed by atoms with E-state index in [1.165, 1.54) is 11.8 Å². The quantitative estimate of drug-likeness (QED) is 0.788. The van der Waals surface area contributed by atoms with Gasteiger partial charge in [0.15, 0.2) is 6.29 Å². The fraction of sp³-hybridized carbons (Fsp3) is 0.562. The van der Waals surface area contributed by atoms with Crippen molar-refractivity contribution in [3.8, 4) is 0 Å². The first kappa shape index (κ1) is 16.1. The van der Waals surface area contributed by atoms with Gasteiger partial charge in [0.1, 0.15) is 0 Å². The monoisotopic (exact) mass is 341 g/mol. The maximum Gasteiger partial charge on any atom is 0.233 e. The Morgan fingerprint density at radius 3 is 2.82 bits per heavy atom. The molecule has 120 valence electrons. The molecule has 0 spiro atoms. The predicted octanol–water partition coefficient (Wildman–Crippen LogP) is 3.19. The minimum atomic E-state index is -0.255. The molecule has 0 aromatic heterocycles. The Labute approximate surface area is 140 Å². The highest BCUT2D eigenvalue weighted by Crippen LogP contribution is 2.29. The number of piperidine rings is 1. The smallest absolute Gasteiger partial charge is 0.233 e. The largest absolute Gasteiger partial charge is 0.348 e. The van der Waals surface area contributed by atoms with Gasteiger partial charge in [-0.05, 0) is 31.4 Å². The van der Waals surface area contributed by atoms with Gasteiger partial charge in [0.2, 0.25) is 5.91 Å². The van der Waals surface area contributed by atoms with Crippen LogP contribution in [-0.4, -0.2) is 48.7 Å². The lowest BCUT2D eigenvalue weighted by atomic mass is 10.0.